The summed E-state index contributed by atoms with van der Waals surface area (Å²) in [6, 6.07) is 0. The summed E-state index contributed by atoms with van der Waals surface area (Å²) in [5.41, 5.74) is 5.08. The molecule has 0 amide bonds. The zero-order valence-electron chi connectivity index (χ0n) is 6.66. The van der Waals surface area contributed by atoms with Crippen molar-refractivity contribution < 1.29 is 0 Å². The number of amidine groups is 1. The van der Waals surface area contributed by atoms with Crippen molar-refractivity contribution in [2.75, 3.05) is 0 Å². The first kappa shape index (κ1) is 11.3. The fourth-order valence-electron chi connectivity index (χ4n) is 0.425. The van der Waals surface area contributed by atoms with Crippen LogP contribution in [-0.4, -0.2) is 15.2 Å². The van der Waals surface area contributed by atoms with E-state index in [1.54, 1.807) is 0 Å². The van der Waals surface area contributed by atoms with E-state index in [0.29, 0.717) is 0 Å². The van der Waals surface area contributed by atoms with Gasteiger partial charge in [-0.1, -0.05) is 34.8 Å². The number of nitrogens with two attached hydrogens (primary N) is 1. The molecule has 0 spiro atoms. The van der Waals surface area contributed by atoms with Crippen LogP contribution in [0, 0.1) is 0 Å². The van der Waals surface area contributed by atoms with Crippen molar-refractivity contribution in [1.29, 1.82) is 0 Å². The fourth-order valence-corrected chi connectivity index (χ4v) is 0.552. The molecule has 0 heterocycles. The van der Waals surface area contributed by atoms with Gasteiger partial charge in [0.2, 0.25) is 3.79 Å². The minimum absolute atomic E-state index is 0.0231. The van der Waals surface area contributed by atoms with Crippen LogP contribution in [0.2, 0.25) is 0 Å². The summed E-state index contributed by atoms with van der Waals surface area (Å²) in [6.45, 7) is 5.61. The molecular weight excluding hydrogens is 206 g/mol. The molecule has 0 radical (unpaired) electrons. The van der Waals surface area contributed by atoms with Crippen LogP contribution in [0.5, 0.6) is 0 Å². The van der Waals surface area contributed by atoms with Gasteiger partial charge in [-0.3, -0.25) is 4.99 Å². The molecule has 0 atom stereocenters. The van der Waals surface area contributed by atoms with E-state index in [9.17, 15) is 0 Å². The maximum atomic E-state index is 5.46. The van der Waals surface area contributed by atoms with E-state index in [-0.39, 0.29) is 11.4 Å². The lowest BCUT2D eigenvalue weighted by Crippen LogP contribution is -2.31. The third-order valence-corrected chi connectivity index (χ3v) is 1.33. The van der Waals surface area contributed by atoms with Crippen LogP contribution < -0.4 is 5.73 Å². The summed E-state index contributed by atoms with van der Waals surface area (Å²) in [5, 5.41) is 0. The molecule has 0 rings (SSSR count). The molecule has 0 saturated heterocycles. The number of hydrogen-bond donors (Lipinski definition) is 1. The van der Waals surface area contributed by atoms with Gasteiger partial charge in [0.1, 0.15) is 5.84 Å². The van der Waals surface area contributed by atoms with Gasteiger partial charge in [0.05, 0.1) is 5.54 Å². The Bertz CT molecular complexity index is 164. The zero-order chi connectivity index (χ0) is 9.28. The Morgan fingerprint density at radius 1 is 1.18 bits per heavy atom. The third-order valence-electron chi connectivity index (χ3n) is 0.746. The van der Waals surface area contributed by atoms with Gasteiger partial charge in [-0.2, -0.15) is 0 Å². The monoisotopic (exact) mass is 216 g/mol. The molecule has 11 heavy (non-hydrogen) atoms. The first-order valence-electron chi connectivity index (χ1n) is 3.05. The number of rotatable bonds is 0. The molecular formula is C6H11Cl3N2. The number of aliphatic imine (C=N–C) groups is 1. The van der Waals surface area contributed by atoms with Crippen LogP contribution in [0.3, 0.4) is 0 Å². The zero-order valence-corrected chi connectivity index (χ0v) is 8.93. The second-order valence-corrected chi connectivity index (χ2v) is 5.45. The predicted octanol–water partition coefficient (Wildman–Crippen LogP) is 2.51. The average molecular weight is 218 g/mol. The number of hydrogen-bond acceptors (Lipinski definition) is 1. The summed E-state index contributed by atoms with van der Waals surface area (Å²) in [5.74, 6) is 0.0231. The smallest absolute Gasteiger partial charge is 0.247 e. The van der Waals surface area contributed by atoms with Crippen LogP contribution in [-0.2, 0) is 0 Å². The average Bonchev–Trinajstić information content (AvgIpc) is 1.56. The lowest BCUT2D eigenvalue weighted by Gasteiger charge is -2.17. The Hall–Kier alpha value is 0.340. The predicted molar refractivity (Wildman–Crippen MR) is 51.7 cm³/mol. The molecule has 0 aromatic heterocycles. The summed E-state index contributed by atoms with van der Waals surface area (Å²) in [7, 11) is 0. The van der Waals surface area contributed by atoms with Gasteiger partial charge in [0.15, 0.2) is 0 Å². The Labute approximate surface area is 81.7 Å². The maximum absolute atomic E-state index is 5.46. The van der Waals surface area contributed by atoms with E-state index >= 15 is 0 Å². The van der Waals surface area contributed by atoms with Crippen molar-refractivity contribution in [3.05, 3.63) is 0 Å². The second kappa shape index (κ2) is 3.38. The fraction of sp³-hybridized carbons (Fsp3) is 0.833. The van der Waals surface area contributed by atoms with Crippen LogP contribution >= 0.6 is 34.8 Å². The summed E-state index contributed by atoms with van der Waals surface area (Å²) < 4.78 is -1.59. The molecule has 66 valence electrons. The molecule has 0 fully saturated rings. The highest BCUT2D eigenvalue weighted by Crippen LogP contribution is 2.27. The first-order chi connectivity index (χ1) is 4.63. The minimum Gasteiger partial charge on any atom is -0.384 e. The van der Waals surface area contributed by atoms with Crippen LogP contribution in [0.1, 0.15) is 20.8 Å². The topological polar surface area (TPSA) is 38.4 Å². The van der Waals surface area contributed by atoms with Gasteiger partial charge in [0, 0.05) is 0 Å². The molecule has 5 heteroatoms. The van der Waals surface area contributed by atoms with Crippen molar-refractivity contribution in [1.82, 2.24) is 0 Å². The number of alkyl halides is 3. The van der Waals surface area contributed by atoms with E-state index < -0.39 is 3.79 Å². The Kier molecular flexibility index (Phi) is 3.48. The SMILES string of the molecule is CC(C)(C)N=C(N)C(Cl)(Cl)Cl. The van der Waals surface area contributed by atoms with Gasteiger partial charge in [-0.25, -0.2) is 0 Å². The molecule has 0 aromatic rings. The molecule has 0 aliphatic heterocycles. The summed E-state index contributed by atoms with van der Waals surface area (Å²) in [4.78, 5) is 3.98. The van der Waals surface area contributed by atoms with Gasteiger partial charge in [-0.15, -0.1) is 0 Å². The van der Waals surface area contributed by atoms with E-state index in [1.165, 1.54) is 0 Å². The van der Waals surface area contributed by atoms with Gasteiger partial charge >= 0.3 is 0 Å². The van der Waals surface area contributed by atoms with Crippen molar-refractivity contribution >= 4 is 40.6 Å². The van der Waals surface area contributed by atoms with Crippen LogP contribution in [0.25, 0.3) is 0 Å². The van der Waals surface area contributed by atoms with E-state index in [2.05, 4.69) is 4.99 Å². The third kappa shape index (κ3) is 5.59. The number of nitrogens with zero attached hydrogens (tertiary/aromatic N) is 1. The normalized spacial score (nSPS) is 15.3. The quantitative estimate of drug-likeness (QED) is 0.378. The molecule has 2 N–H and O–H groups in total. The Morgan fingerprint density at radius 2 is 1.55 bits per heavy atom. The molecule has 0 saturated carbocycles. The molecule has 0 aromatic carbocycles. The van der Waals surface area contributed by atoms with E-state index in [1.807, 2.05) is 20.8 Å². The first-order valence-corrected chi connectivity index (χ1v) is 4.19. The van der Waals surface area contributed by atoms with Crippen molar-refractivity contribution in [3.8, 4) is 0 Å². The van der Waals surface area contributed by atoms with Crippen molar-refractivity contribution in [2.24, 2.45) is 10.7 Å². The Morgan fingerprint density at radius 3 is 1.64 bits per heavy atom. The second-order valence-electron chi connectivity index (χ2n) is 3.17. The molecule has 0 unspecified atom stereocenters. The highest BCUT2D eigenvalue weighted by Gasteiger charge is 2.26. The van der Waals surface area contributed by atoms with Crippen molar-refractivity contribution in [3.63, 3.8) is 0 Å². The lowest BCUT2D eigenvalue weighted by molar-refractivity contribution is 0.582. The highest BCUT2D eigenvalue weighted by molar-refractivity contribution is 6.76. The Balaban J connectivity index is 4.49. The van der Waals surface area contributed by atoms with Crippen molar-refractivity contribution in [2.45, 2.75) is 30.1 Å². The van der Waals surface area contributed by atoms with E-state index in [0.717, 1.165) is 0 Å². The van der Waals surface area contributed by atoms with Crippen LogP contribution in [0.4, 0.5) is 0 Å². The number of halogens is 3. The molecule has 2 nitrogen and oxygen atoms in total. The largest absolute Gasteiger partial charge is 0.384 e. The highest BCUT2D eigenvalue weighted by atomic mass is 35.6. The van der Waals surface area contributed by atoms with Crippen LogP contribution in [0.15, 0.2) is 4.99 Å². The van der Waals surface area contributed by atoms with Gasteiger partial charge < -0.3 is 5.73 Å². The maximum Gasteiger partial charge on any atom is 0.247 e. The van der Waals surface area contributed by atoms with Gasteiger partial charge in [0.25, 0.3) is 0 Å². The minimum atomic E-state index is -1.59. The van der Waals surface area contributed by atoms with E-state index in [4.69, 9.17) is 40.5 Å². The molecule has 0 aliphatic carbocycles. The standard InChI is InChI=1S/C6H11Cl3N2/c1-5(2,3)11-4(10)6(7,8)9/h1-3H3,(H2,10,11). The molecule has 0 bridgehead atoms. The molecule has 0 aliphatic rings. The van der Waals surface area contributed by atoms with Gasteiger partial charge in [-0.05, 0) is 20.8 Å². The lowest BCUT2D eigenvalue weighted by atomic mass is 10.1. The summed E-state index contributed by atoms with van der Waals surface area (Å²) in [6.07, 6.45) is 0. The summed E-state index contributed by atoms with van der Waals surface area (Å²) >= 11 is 16.4.